The number of ether oxygens (including phenoxy) is 2. The molecule has 7 nitrogen and oxygen atoms in total. The van der Waals surface area contributed by atoms with Crippen molar-refractivity contribution in [2.45, 2.75) is 12.8 Å². The fourth-order valence-electron chi connectivity index (χ4n) is 4.15. The van der Waals surface area contributed by atoms with E-state index in [0.29, 0.717) is 13.2 Å². The van der Waals surface area contributed by atoms with Crippen LogP contribution in [0.25, 0.3) is 16.9 Å². The first-order chi connectivity index (χ1) is 14.8. The number of carbonyl (C=O) groups excluding carboxylic acids is 1. The second-order valence-corrected chi connectivity index (χ2v) is 7.82. The van der Waals surface area contributed by atoms with Gasteiger partial charge >= 0.3 is 0 Å². The smallest absolute Gasteiger partial charge is 0.227 e. The summed E-state index contributed by atoms with van der Waals surface area (Å²) in [7, 11) is 0. The number of nitrogens with zero attached hydrogens (tertiary/aromatic N) is 3. The average molecular weight is 406 g/mol. The molecule has 3 aromatic rings. The second kappa shape index (κ2) is 8.45. The van der Waals surface area contributed by atoms with E-state index in [1.54, 1.807) is 0 Å². The Morgan fingerprint density at radius 1 is 1.03 bits per heavy atom. The number of hydrogen-bond acceptors (Lipinski definition) is 5. The lowest BCUT2D eigenvalue weighted by atomic mass is 9.99. The zero-order chi connectivity index (χ0) is 20.3. The minimum Gasteiger partial charge on any atom is -0.381 e. The number of benzene rings is 1. The van der Waals surface area contributed by atoms with Crippen molar-refractivity contribution in [1.29, 1.82) is 0 Å². The van der Waals surface area contributed by atoms with Gasteiger partial charge in [-0.05, 0) is 37.1 Å². The molecule has 0 unspecified atom stereocenters. The molecule has 0 saturated carbocycles. The van der Waals surface area contributed by atoms with Gasteiger partial charge in [0.25, 0.3) is 0 Å². The maximum atomic E-state index is 12.6. The van der Waals surface area contributed by atoms with Crippen LogP contribution in [0.1, 0.15) is 12.8 Å². The van der Waals surface area contributed by atoms with Crippen LogP contribution in [-0.4, -0.2) is 54.8 Å². The maximum absolute atomic E-state index is 12.6. The molecule has 5 rings (SSSR count). The molecule has 2 saturated heterocycles. The van der Waals surface area contributed by atoms with Gasteiger partial charge in [0.05, 0.1) is 30.8 Å². The van der Waals surface area contributed by atoms with E-state index in [0.717, 1.165) is 67.4 Å². The number of pyridine rings is 1. The molecule has 0 radical (unpaired) electrons. The Morgan fingerprint density at radius 3 is 2.67 bits per heavy atom. The van der Waals surface area contributed by atoms with Crippen molar-refractivity contribution < 1.29 is 14.3 Å². The maximum Gasteiger partial charge on any atom is 0.227 e. The molecule has 2 aromatic heterocycles. The molecule has 1 amide bonds. The van der Waals surface area contributed by atoms with E-state index in [2.05, 4.69) is 37.9 Å². The number of hydrogen-bond donors (Lipinski definition) is 1. The van der Waals surface area contributed by atoms with Gasteiger partial charge in [-0.15, -0.1) is 0 Å². The van der Waals surface area contributed by atoms with Crippen LogP contribution in [0, 0.1) is 5.92 Å². The third-order valence-corrected chi connectivity index (χ3v) is 5.88. The lowest BCUT2D eigenvalue weighted by Gasteiger charge is -2.28. The first-order valence-corrected chi connectivity index (χ1v) is 10.6. The number of imidazole rings is 1. The third-order valence-electron chi connectivity index (χ3n) is 5.88. The molecule has 0 atom stereocenters. The predicted molar refractivity (Wildman–Crippen MR) is 116 cm³/mol. The number of rotatable bonds is 4. The van der Waals surface area contributed by atoms with Gasteiger partial charge in [0.1, 0.15) is 5.65 Å². The lowest BCUT2D eigenvalue weighted by Crippen LogP contribution is -2.36. The number of fused-ring (bicyclic) bond motifs is 1. The number of amides is 1. The summed E-state index contributed by atoms with van der Waals surface area (Å²) in [6.45, 7) is 4.61. The summed E-state index contributed by atoms with van der Waals surface area (Å²) >= 11 is 0. The van der Waals surface area contributed by atoms with E-state index in [9.17, 15) is 4.79 Å². The summed E-state index contributed by atoms with van der Waals surface area (Å²) < 4.78 is 13.0. The van der Waals surface area contributed by atoms with Gasteiger partial charge in [-0.1, -0.05) is 12.1 Å². The normalized spacial score (nSPS) is 17.9. The van der Waals surface area contributed by atoms with Crippen molar-refractivity contribution in [3.8, 4) is 11.3 Å². The molecular formula is C23H26N4O3. The van der Waals surface area contributed by atoms with Crippen LogP contribution in [0.4, 0.5) is 11.4 Å². The Labute approximate surface area is 175 Å². The van der Waals surface area contributed by atoms with Gasteiger partial charge in [-0.2, -0.15) is 0 Å². The van der Waals surface area contributed by atoms with Gasteiger partial charge in [0.15, 0.2) is 0 Å². The van der Waals surface area contributed by atoms with E-state index in [1.165, 1.54) is 0 Å². The second-order valence-electron chi connectivity index (χ2n) is 7.82. The predicted octanol–water partition coefficient (Wildman–Crippen LogP) is 3.20. The highest BCUT2D eigenvalue weighted by atomic mass is 16.5. The fourth-order valence-corrected chi connectivity index (χ4v) is 4.15. The molecule has 2 aliphatic rings. The summed E-state index contributed by atoms with van der Waals surface area (Å²) in [6, 6.07) is 12.1. The number of aromatic nitrogens is 2. The molecule has 0 spiro atoms. The molecule has 1 aromatic carbocycles. The SMILES string of the molecule is O=C(Nc1cccc(-c2cnc3ccc(N4CCOCC4)cn23)c1)C1CCOCC1. The van der Waals surface area contributed by atoms with Crippen LogP contribution in [0.2, 0.25) is 0 Å². The van der Waals surface area contributed by atoms with Crippen LogP contribution in [0.3, 0.4) is 0 Å². The summed E-state index contributed by atoms with van der Waals surface area (Å²) in [5, 5.41) is 3.08. The Balaban J connectivity index is 1.40. The van der Waals surface area contributed by atoms with E-state index in [1.807, 2.05) is 30.5 Å². The highest BCUT2D eigenvalue weighted by molar-refractivity contribution is 5.93. The van der Waals surface area contributed by atoms with Crippen molar-refractivity contribution in [2.24, 2.45) is 5.92 Å². The van der Waals surface area contributed by atoms with Gasteiger partial charge in [-0.3, -0.25) is 9.20 Å². The van der Waals surface area contributed by atoms with Gasteiger partial charge in [0.2, 0.25) is 5.91 Å². The van der Waals surface area contributed by atoms with E-state index in [-0.39, 0.29) is 11.8 Å². The highest BCUT2D eigenvalue weighted by Gasteiger charge is 2.21. The first-order valence-electron chi connectivity index (χ1n) is 10.6. The Morgan fingerprint density at radius 2 is 1.83 bits per heavy atom. The molecule has 2 aliphatic heterocycles. The number of carbonyl (C=O) groups is 1. The summed E-state index contributed by atoms with van der Waals surface area (Å²) in [5.74, 6) is 0.0949. The zero-order valence-electron chi connectivity index (χ0n) is 16.9. The van der Waals surface area contributed by atoms with Crippen molar-refractivity contribution in [1.82, 2.24) is 9.38 Å². The standard InChI is InChI=1S/C23H26N4O3/c28-23(17-6-10-29-11-7-17)25-19-3-1-2-18(14-19)21-15-24-22-5-4-20(16-27(21)22)26-8-12-30-13-9-26/h1-5,14-17H,6-13H2,(H,25,28). The van der Waals surface area contributed by atoms with Crippen molar-refractivity contribution in [3.63, 3.8) is 0 Å². The molecule has 4 heterocycles. The Hall–Kier alpha value is -2.90. The van der Waals surface area contributed by atoms with Crippen LogP contribution >= 0.6 is 0 Å². The number of anilines is 2. The van der Waals surface area contributed by atoms with Gasteiger partial charge < -0.3 is 19.7 Å². The Kier molecular flexibility index (Phi) is 5.38. The minimum absolute atomic E-state index is 0.0225. The Bertz CT molecular complexity index is 1040. The summed E-state index contributed by atoms with van der Waals surface area (Å²) in [4.78, 5) is 19.5. The van der Waals surface area contributed by atoms with Crippen LogP contribution in [-0.2, 0) is 14.3 Å². The molecule has 2 fully saturated rings. The van der Waals surface area contributed by atoms with Crippen LogP contribution in [0.15, 0.2) is 48.8 Å². The molecular weight excluding hydrogens is 380 g/mol. The zero-order valence-corrected chi connectivity index (χ0v) is 16.9. The molecule has 0 bridgehead atoms. The minimum atomic E-state index is 0.0225. The van der Waals surface area contributed by atoms with E-state index >= 15 is 0 Å². The highest BCUT2D eigenvalue weighted by Crippen LogP contribution is 2.27. The van der Waals surface area contributed by atoms with Crippen molar-refractivity contribution >= 4 is 22.9 Å². The quantitative estimate of drug-likeness (QED) is 0.721. The van der Waals surface area contributed by atoms with Crippen molar-refractivity contribution in [3.05, 3.63) is 48.8 Å². The molecule has 1 N–H and O–H groups in total. The molecule has 7 heteroatoms. The van der Waals surface area contributed by atoms with Crippen molar-refractivity contribution in [2.75, 3.05) is 49.7 Å². The van der Waals surface area contributed by atoms with Gasteiger partial charge in [-0.25, -0.2) is 4.98 Å². The molecule has 30 heavy (non-hydrogen) atoms. The lowest BCUT2D eigenvalue weighted by molar-refractivity contribution is -0.122. The summed E-state index contributed by atoms with van der Waals surface area (Å²) in [6.07, 6.45) is 5.58. The molecule has 0 aliphatic carbocycles. The van der Waals surface area contributed by atoms with E-state index < -0.39 is 0 Å². The summed E-state index contributed by atoms with van der Waals surface area (Å²) in [5.41, 5.74) is 4.89. The van der Waals surface area contributed by atoms with Gasteiger partial charge in [0, 0.05) is 49.7 Å². The number of nitrogens with one attached hydrogen (secondary N) is 1. The topological polar surface area (TPSA) is 68.1 Å². The van der Waals surface area contributed by atoms with E-state index in [4.69, 9.17) is 9.47 Å². The average Bonchev–Trinajstić information content (AvgIpc) is 3.24. The third kappa shape index (κ3) is 3.91. The molecule has 156 valence electrons. The largest absolute Gasteiger partial charge is 0.381 e. The number of morpholine rings is 1. The fraction of sp³-hybridized carbons (Fsp3) is 0.391. The first kappa shape index (κ1) is 19.1. The monoisotopic (exact) mass is 406 g/mol. The van der Waals surface area contributed by atoms with Crippen LogP contribution < -0.4 is 10.2 Å². The van der Waals surface area contributed by atoms with Crippen LogP contribution in [0.5, 0.6) is 0 Å².